The maximum absolute atomic E-state index is 12.1. The van der Waals surface area contributed by atoms with E-state index in [-0.39, 0.29) is 17.2 Å². The highest BCUT2D eigenvalue weighted by molar-refractivity contribution is 6.02. The number of carbonyl (C=O) groups excluding carboxylic acids is 1. The Balaban J connectivity index is 3.15. The fourth-order valence-corrected chi connectivity index (χ4v) is 2.15. The maximum atomic E-state index is 12.1. The molecule has 1 amide bonds. The van der Waals surface area contributed by atoms with Gasteiger partial charge in [0, 0.05) is 12.1 Å². The Labute approximate surface area is 139 Å². The first-order valence-corrected chi connectivity index (χ1v) is 7.47. The van der Waals surface area contributed by atoms with Gasteiger partial charge in [0.1, 0.15) is 11.6 Å². The molecule has 3 N–H and O–H groups in total. The van der Waals surface area contributed by atoms with E-state index in [1.54, 1.807) is 6.07 Å². The van der Waals surface area contributed by atoms with Crippen molar-refractivity contribution in [3.05, 3.63) is 33.4 Å². The topological polar surface area (TPSA) is 136 Å². The van der Waals surface area contributed by atoms with Crippen LogP contribution in [-0.2, 0) is 4.79 Å². The highest BCUT2D eigenvalue weighted by atomic mass is 16.6. The molecule has 0 fully saturated rings. The van der Waals surface area contributed by atoms with Crippen molar-refractivity contribution in [3.63, 3.8) is 0 Å². The van der Waals surface area contributed by atoms with Gasteiger partial charge in [0.15, 0.2) is 5.75 Å². The Bertz CT molecular complexity index is 706. The zero-order chi connectivity index (χ0) is 18.3. The second-order valence-corrected chi connectivity index (χ2v) is 5.20. The lowest BCUT2D eigenvalue weighted by atomic mass is 10.1. The molecule has 0 saturated heterocycles. The molecule has 0 heterocycles. The van der Waals surface area contributed by atoms with Crippen LogP contribution in [0.25, 0.3) is 6.08 Å². The van der Waals surface area contributed by atoms with Gasteiger partial charge in [-0.3, -0.25) is 14.9 Å². The maximum Gasteiger partial charge on any atom is 0.315 e. The molecule has 1 unspecified atom stereocenters. The molecule has 0 aliphatic rings. The van der Waals surface area contributed by atoms with E-state index in [1.807, 2.05) is 13.8 Å². The molecule has 8 nitrogen and oxygen atoms in total. The second-order valence-electron chi connectivity index (χ2n) is 5.20. The van der Waals surface area contributed by atoms with E-state index in [2.05, 4.69) is 5.32 Å². The number of nitro benzene ring substituents is 1. The van der Waals surface area contributed by atoms with Gasteiger partial charge in [-0.15, -0.1) is 0 Å². The van der Waals surface area contributed by atoms with E-state index in [0.29, 0.717) is 6.42 Å². The van der Waals surface area contributed by atoms with Crippen LogP contribution in [0.5, 0.6) is 11.5 Å². The number of amides is 1. The van der Waals surface area contributed by atoms with Gasteiger partial charge in [0.25, 0.3) is 5.91 Å². The summed E-state index contributed by atoms with van der Waals surface area (Å²) in [7, 11) is 0. The minimum absolute atomic E-state index is 0.0623. The van der Waals surface area contributed by atoms with Crippen LogP contribution in [0.2, 0.25) is 0 Å². The van der Waals surface area contributed by atoms with Crippen molar-refractivity contribution in [2.75, 3.05) is 0 Å². The molecule has 1 rings (SSSR count). The smallest absolute Gasteiger partial charge is 0.315 e. The summed E-state index contributed by atoms with van der Waals surface area (Å²) in [6.07, 6.45) is 3.48. The number of nitrogens with one attached hydrogen (secondary N) is 1. The molecule has 0 radical (unpaired) electrons. The van der Waals surface area contributed by atoms with Gasteiger partial charge >= 0.3 is 5.69 Å². The first kappa shape index (κ1) is 19.0. The number of nitro groups is 1. The predicted octanol–water partition coefficient (Wildman–Crippen LogP) is 2.61. The van der Waals surface area contributed by atoms with E-state index in [1.165, 1.54) is 0 Å². The second kappa shape index (κ2) is 8.53. The van der Waals surface area contributed by atoms with Gasteiger partial charge in [-0.2, -0.15) is 5.26 Å². The summed E-state index contributed by atoms with van der Waals surface area (Å²) < 4.78 is 0. The van der Waals surface area contributed by atoms with E-state index < -0.39 is 28.0 Å². The van der Waals surface area contributed by atoms with Crippen molar-refractivity contribution in [1.29, 1.82) is 5.26 Å². The molecule has 0 saturated carbocycles. The average Bonchev–Trinajstić information content (AvgIpc) is 2.54. The summed E-state index contributed by atoms with van der Waals surface area (Å²) in [6.45, 7) is 3.89. The third kappa shape index (κ3) is 4.71. The normalized spacial score (nSPS) is 12.3. The minimum atomic E-state index is -0.868. The molecule has 24 heavy (non-hydrogen) atoms. The SMILES string of the molecule is CCCC(CC)NC(=O)/C(C#N)=C/c1cc(O)c(O)c([N+](=O)[O-])c1. The summed E-state index contributed by atoms with van der Waals surface area (Å²) in [5.41, 5.74) is -0.896. The molecule has 0 aliphatic carbocycles. The molecule has 0 spiro atoms. The monoisotopic (exact) mass is 333 g/mol. The lowest BCUT2D eigenvalue weighted by Crippen LogP contribution is -2.34. The Morgan fingerprint density at radius 3 is 2.62 bits per heavy atom. The van der Waals surface area contributed by atoms with Crippen LogP contribution in [0.3, 0.4) is 0 Å². The first-order chi connectivity index (χ1) is 11.3. The number of hydrogen-bond acceptors (Lipinski definition) is 6. The predicted molar refractivity (Wildman–Crippen MR) is 87.1 cm³/mol. The number of nitriles is 1. The Hall–Kier alpha value is -3.08. The van der Waals surface area contributed by atoms with Gasteiger partial charge in [0.2, 0.25) is 5.75 Å². The number of benzene rings is 1. The highest BCUT2D eigenvalue weighted by Gasteiger charge is 2.20. The lowest BCUT2D eigenvalue weighted by Gasteiger charge is -2.15. The van der Waals surface area contributed by atoms with Crippen molar-refractivity contribution >= 4 is 17.7 Å². The summed E-state index contributed by atoms with van der Waals surface area (Å²) in [6, 6.07) is 3.69. The Kier molecular flexibility index (Phi) is 6.74. The van der Waals surface area contributed by atoms with Crippen molar-refractivity contribution in [2.45, 2.75) is 39.2 Å². The third-order valence-corrected chi connectivity index (χ3v) is 3.43. The van der Waals surface area contributed by atoms with Crippen molar-refractivity contribution in [1.82, 2.24) is 5.32 Å². The van der Waals surface area contributed by atoms with Crippen molar-refractivity contribution in [2.24, 2.45) is 0 Å². The van der Waals surface area contributed by atoms with Crippen LogP contribution in [0.1, 0.15) is 38.7 Å². The number of phenolic OH excluding ortho intramolecular Hbond substituents is 2. The molecular weight excluding hydrogens is 314 g/mol. The fraction of sp³-hybridized carbons (Fsp3) is 0.375. The highest BCUT2D eigenvalue weighted by Crippen LogP contribution is 2.36. The first-order valence-electron chi connectivity index (χ1n) is 7.47. The summed E-state index contributed by atoms with van der Waals surface area (Å²) in [4.78, 5) is 22.1. The van der Waals surface area contributed by atoms with Crippen molar-refractivity contribution < 1.29 is 19.9 Å². The van der Waals surface area contributed by atoms with E-state index in [9.17, 15) is 25.1 Å². The lowest BCUT2D eigenvalue weighted by molar-refractivity contribution is -0.386. The zero-order valence-corrected chi connectivity index (χ0v) is 13.4. The van der Waals surface area contributed by atoms with E-state index >= 15 is 0 Å². The molecule has 8 heteroatoms. The molecule has 1 atom stereocenters. The molecule has 128 valence electrons. The molecule has 1 aromatic rings. The van der Waals surface area contributed by atoms with Crippen LogP contribution in [0.4, 0.5) is 5.69 Å². The molecule has 0 aliphatic heterocycles. The fourth-order valence-electron chi connectivity index (χ4n) is 2.15. The quantitative estimate of drug-likeness (QED) is 0.231. The zero-order valence-electron chi connectivity index (χ0n) is 13.4. The van der Waals surface area contributed by atoms with E-state index in [4.69, 9.17) is 5.26 Å². The minimum Gasteiger partial charge on any atom is -0.504 e. The molecule has 0 bridgehead atoms. The Morgan fingerprint density at radius 1 is 1.46 bits per heavy atom. The number of rotatable bonds is 7. The molecular formula is C16H19N3O5. The number of nitrogens with zero attached hydrogens (tertiary/aromatic N) is 2. The van der Waals surface area contributed by atoms with Crippen LogP contribution >= 0.6 is 0 Å². The summed E-state index contributed by atoms with van der Waals surface area (Å²) in [5, 5.41) is 41.7. The molecule has 1 aromatic carbocycles. The van der Waals surface area contributed by atoms with Crippen molar-refractivity contribution in [3.8, 4) is 17.6 Å². The number of aromatic hydroxyl groups is 2. The largest absolute Gasteiger partial charge is 0.504 e. The van der Waals surface area contributed by atoms with Gasteiger partial charge in [-0.25, -0.2) is 0 Å². The van der Waals surface area contributed by atoms with Gasteiger partial charge in [0.05, 0.1) is 4.92 Å². The van der Waals surface area contributed by atoms with E-state index in [0.717, 1.165) is 31.1 Å². The van der Waals surface area contributed by atoms with Crippen LogP contribution < -0.4 is 5.32 Å². The van der Waals surface area contributed by atoms with Gasteiger partial charge in [-0.1, -0.05) is 20.3 Å². The van der Waals surface area contributed by atoms with Gasteiger partial charge in [-0.05, 0) is 30.5 Å². The Morgan fingerprint density at radius 2 is 2.12 bits per heavy atom. The number of carbonyl (C=O) groups is 1. The summed E-state index contributed by atoms with van der Waals surface area (Å²) in [5.74, 6) is -2.16. The van der Waals surface area contributed by atoms with Crippen LogP contribution in [-0.4, -0.2) is 27.1 Å². The number of hydrogen-bond donors (Lipinski definition) is 3. The third-order valence-electron chi connectivity index (χ3n) is 3.43. The summed E-state index contributed by atoms with van der Waals surface area (Å²) >= 11 is 0. The molecule has 0 aromatic heterocycles. The average molecular weight is 333 g/mol. The standard InChI is InChI=1S/C16H19N3O5/c1-3-5-12(4-2)18-16(22)11(9-17)6-10-7-13(19(23)24)15(21)14(20)8-10/h6-8,12,20-21H,3-5H2,1-2H3,(H,18,22)/b11-6+. The van der Waals surface area contributed by atoms with Crippen LogP contribution in [0.15, 0.2) is 17.7 Å². The van der Waals surface area contributed by atoms with Crippen LogP contribution in [0, 0.1) is 21.4 Å². The van der Waals surface area contributed by atoms with Gasteiger partial charge < -0.3 is 15.5 Å². The number of phenols is 2.